The number of hydrogen-bond acceptors (Lipinski definition) is 4. The fraction of sp³-hybridized carbons (Fsp3) is 0.0923. The molecular formula is C65H50N4O. The van der Waals surface area contributed by atoms with Crippen molar-refractivity contribution in [2.24, 2.45) is 0 Å². The van der Waals surface area contributed by atoms with Crippen molar-refractivity contribution in [2.75, 3.05) is 16.5 Å². The van der Waals surface area contributed by atoms with E-state index in [0.29, 0.717) is 6.67 Å². The van der Waals surface area contributed by atoms with E-state index in [-0.39, 0.29) is 5.41 Å². The van der Waals surface area contributed by atoms with Gasteiger partial charge in [-0.3, -0.25) is 4.57 Å². The minimum Gasteiger partial charge on any atom is -0.457 e. The van der Waals surface area contributed by atoms with Gasteiger partial charge in [0.1, 0.15) is 24.0 Å². The van der Waals surface area contributed by atoms with Crippen LogP contribution in [0.4, 0.5) is 22.7 Å². The Hall–Kier alpha value is -8.67. The molecule has 3 heterocycles. The smallest absolute Gasteiger partial charge is 0.137 e. The van der Waals surface area contributed by atoms with Crippen LogP contribution in [0.25, 0.3) is 61.0 Å². The minimum atomic E-state index is -0.0319. The number of rotatable bonds is 10. The summed E-state index contributed by atoms with van der Waals surface area (Å²) < 4.78 is 9.42. The summed E-state index contributed by atoms with van der Waals surface area (Å²) in [6.07, 6.45) is 6.70. The van der Waals surface area contributed by atoms with Crippen LogP contribution >= 0.6 is 0 Å². The topological polar surface area (TPSA) is 33.5 Å². The molecule has 0 N–H and O–H groups in total. The van der Waals surface area contributed by atoms with E-state index in [1.54, 1.807) is 0 Å². The van der Waals surface area contributed by atoms with Crippen molar-refractivity contribution in [3.63, 3.8) is 0 Å². The van der Waals surface area contributed by atoms with Gasteiger partial charge in [-0.2, -0.15) is 0 Å². The first-order chi connectivity index (χ1) is 34.7. The summed E-state index contributed by atoms with van der Waals surface area (Å²) in [7, 11) is 0. The van der Waals surface area contributed by atoms with Gasteiger partial charge in [-0.15, -0.1) is 0 Å². The number of aromatic nitrogens is 2. The molecular weight excluding hydrogens is 853 g/mol. The molecule has 0 bridgehead atoms. The van der Waals surface area contributed by atoms with E-state index < -0.39 is 0 Å². The van der Waals surface area contributed by atoms with Gasteiger partial charge in [0, 0.05) is 51.3 Å². The lowest BCUT2D eigenvalue weighted by molar-refractivity contribution is 0.483. The molecule has 5 nitrogen and oxygen atoms in total. The molecule has 0 spiro atoms. The van der Waals surface area contributed by atoms with E-state index >= 15 is 0 Å². The van der Waals surface area contributed by atoms with Gasteiger partial charge in [0.2, 0.25) is 0 Å². The van der Waals surface area contributed by atoms with Gasteiger partial charge in [0.25, 0.3) is 0 Å². The maximum Gasteiger partial charge on any atom is 0.137 e. The third-order valence-electron chi connectivity index (χ3n) is 14.7. The van der Waals surface area contributed by atoms with Crippen molar-refractivity contribution in [1.82, 2.24) is 9.55 Å². The molecule has 1 saturated carbocycles. The van der Waals surface area contributed by atoms with Crippen LogP contribution in [0.15, 0.2) is 243 Å². The summed E-state index contributed by atoms with van der Waals surface area (Å²) in [6.45, 7) is 0.602. The van der Waals surface area contributed by atoms with Crippen molar-refractivity contribution < 1.29 is 4.74 Å². The number of fused-ring (bicyclic) bond motifs is 4. The quantitative estimate of drug-likeness (QED) is 0.137. The summed E-state index contributed by atoms with van der Waals surface area (Å²) in [6, 6.07) is 85.1. The predicted octanol–water partition coefficient (Wildman–Crippen LogP) is 17.1. The molecule has 0 unspecified atom stereocenters. The second-order valence-electron chi connectivity index (χ2n) is 18.7. The number of ether oxygens (including phenoxy) is 1. The van der Waals surface area contributed by atoms with Crippen LogP contribution in [0.2, 0.25) is 0 Å². The van der Waals surface area contributed by atoms with Crippen molar-refractivity contribution in [1.29, 1.82) is 0 Å². The minimum absolute atomic E-state index is 0.0319. The summed E-state index contributed by atoms with van der Waals surface area (Å²) in [4.78, 5) is 10.0. The Labute approximate surface area is 409 Å². The van der Waals surface area contributed by atoms with Crippen LogP contribution < -0.4 is 14.5 Å². The summed E-state index contributed by atoms with van der Waals surface area (Å²) >= 11 is 0. The van der Waals surface area contributed by atoms with Crippen molar-refractivity contribution in [3.05, 3.63) is 254 Å². The van der Waals surface area contributed by atoms with Gasteiger partial charge in [0.05, 0.1) is 28.1 Å². The molecule has 1 aliphatic heterocycles. The van der Waals surface area contributed by atoms with Crippen molar-refractivity contribution in [3.8, 4) is 50.7 Å². The molecule has 2 aromatic heterocycles. The van der Waals surface area contributed by atoms with Crippen LogP contribution in [0.3, 0.4) is 0 Å². The SMILES string of the molecule is c1ccc(-c2cc(Oc3ccc4c5ccccc5n(-c5cc(C6(c7ccccc7)CCCC6)ccn5)c4c3)cc(N3CN(c4c(-c5ccccc5)cccc4-c4ccccc4)c4ccccc43)c2)cc1. The highest BCUT2D eigenvalue weighted by atomic mass is 16.5. The summed E-state index contributed by atoms with van der Waals surface area (Å²) in [5.74, 6) is 2.43. The first-order valence-corrected chi connectivity index (χ1v) is 24.5. The molecule has 0 amide bonds. The third-order valence-corrected chi connectivity index (χ3v) is 14.7. The van der Waals surface area contributed by atoms with E-state index in [4.69, 9.17) is 9.72 Å². The van der Waals surface area contributed by atoms with E-state index in [0.717, 1.165) is 74.8 Å². The third kappa shape index (κ3) is 7.21. The summed E-state index contributed by atoms with van der Waals surface area (Å²) in [5, 5.41) is 2.34. The van der Waals surface area contributed by atoms with Gasteiger partial charge in [-0.1, -0.05) is 183 Å². The van der Waals surface area contributed by atoms with Crippen molar-refractivity contribution in [2.45, 2.75) is 31.1 Å². The van der Waals surface area contributed by atoms with Gasteiger partial charge in [-0.05, 0) is 101 Å². The van der Waals surface area contributed by atoms with E-state index in [1.165, 1.54) is 57.3 Å². The zero-order chi connectivity index (χ0) is 46.4. The highest BCUT2D eigenvalue weighted by Gasteiger charge is 2.38. The molecule has 70 heavy (non-hydrogen) atoms. The number of para-hydroxylation sites is 4. The molecule has 9 aromatic carbocycles. The van der Waals surface area contributed by atoms with Crippen molar-refractivity contribution >= 4 is 44.6 Å². The van der Waals surface area contributed by atoms with Gasteiger partial charge >= 0.3 is 0 Å². The van der Waals surface area contributed by atoms with Gasteiger partial charge in [-0.25, -0.2) is 4.98 Å². The van der Waals surface area contributed by atoms with Crippen LogP contribution in [0.1, 0.15) is 36.8 Å². The molecule has 11 aromatic rings. The second-order valence-corrected chi connectivity index (χ2v) is 18.7. The predicted molar refractivity (Wildman–Crippen MR) is 289 cm³/mol. The number of anilines is 4. The fourth-order valence-electron chi connectivity index (χ4n) is 11.5. The largest absolute Gasteiger partial charge is 0.457 e. The molecule has 1 fully saturated rings. The average molecular weight is 903 g/mol. The molecule has 13 rings (SSSR count). The average Bonchev–Trinajstić information content (AvgIpc) is 4.17. The maximum absolute atomic E-state index is 7.09. The number of benzene rings is 9. The lowest BCUT2D eigenvalue weighted by atomic mass is 9.73. The Balaban J connectivity index is 0.924. The first kappa shape index (κ1) is 41.5. The zero-order valence-corrected chi connectivity index (χ0v) is 38.8. The van der Waals surface area contributed by atoms with Crippen LogP contribution in [0, 0.1) is 0 Å². The summed E-state index contributed by atoms with van der Waals surface area (Å²) in [5.41, 5.74) is 16.3. The van der Waals surface area contributed by atoms with E-state index in [2.05, 4.69) is 251 Å². The fourth-order valence-corrected chi connectivity index (χ4v) is 11.5. The number of nitrogens with zero attached hydrogens (tertiary/aromatic N) is 4. The molecule has 0 atom stereocenters. The number of hydrogen-bond donors (Lipinski definition) is 0. The standard InChI is InChI=1S/C65H50N4O/c1-5-20-46(21-6-1)49-40-52(67-45-68(61-33-16-15-32-60(61)67)64-55(47-22-7-2-8-23-47)29-19-30-56(64)48-24-9-3-10-25-48)43-54(41-49)70-53-34-35-58-57-28-13-14-31-59(57)69(62(58)44-53)63-42-51(36-39-66-63)65(37-17-18-38-65)50-26-11-4-12-27-50/h1-16,19-36,39-44H,17-18,37-38,45H2. The molecule has 0 saturated heterocycles. The molecule has 336 valence electrons. The van der Waals surface area contributed by atoms with Crippen LogP contribution in [-0.4, -0.2) is 16.2 Å². The monoisotopic (exact) mass is 902 g/mol. The number of pyridine rings is 1. The van der Waals surface area contributed by atoms with E-state index in [1.807, 2.05) is 6.20 Å². The lowest BCUT2D eigenvalue weighted by Gasteiger charge is -2.31. The highest BCUT2D eigenvalue weighted by Crippen LogP contribution is 2.51. The maximum atomic E-state index is 7.09. The van der Waals surface area contributed by atoms with Crippen LogP contribution in [0.5, 0.6) is 11.5 Å². The molecule has 5 heteroatoms. The lowest BCUT2D eigenvalue weighted by Crippen LogP contribution is -2.25. The Kier molecular flexibility index (Phi) is 10.3. The highest BCUT2D eigenvalue weighted by molar-refractivity contribution is 6.09. The van der Waals surface area contributed by atoms with Crippen LogP contribution in [-0.2, 0) is 5.41 Å². The molecule has 0 radical (unpaired) electrons. The van der Waals surface area contributed by atoms with Gasteiger partial charge in [0.15, 0.2) is 0 Å². The Morgan fingerprint density at radius 3 is 1.71 bits per heavy atom. The zero-order valence-electron chi connectivity index (χ0n) is 38.8. The first-order valence-electron chi connectivity index (χ1n) is 24.5. The Morgan fingerprint density at radius 1 is 0.414 bits per heavy atom. The van der Waals surface area contributed by atoms with E-state index in [9.17, 15) is 0 Å². The Morgan fingerprint density at radius 2 is 1.01 bits per heavy atom. The Bertz CT molecular complexity index is 3620. The molecule has 1 aliphatic carbocycles. The van der Waals surface area contributed by atoms with Gasteiger partial charge < -0.3 is 14.5 Å². The molecule has 2 aliphatic rings. The second kappa shape index (κ2) is 17.4. The normalized spacial score (nSPS) is 14.1.